The van der Waals surface area contributed by atoms with E-state index in [9.17, 15) is 5.11 Å². The van der Waals surface area contributed by atoms with Gasteiger partial charge in [0, 0.05) is 50.9 Å². The Morgan fingerprint density at radius 3 is 1.97 bits per heavy atom. The molecule has 1 aliphatic heterocycles. The van der Waals surface area contributed by atoms with Crippen molar-refractivity contribution < 1.29 is 14.6 Å². The number of ether oxygens (including phenoxy) is 2. The summed E-state index contributed by atoms with van der Waals surface area (Å²) >= 11 is 0. The number of piperazine rings is 1. The summed E-state index contributed by atoms with van der Waals surface area (Å²) in [5.41, 5.74) is 3.31. The van der Waals surface area contributed by atoms with Crippen LogP contribution in [0.5, 0.6) is 11.5 Å². The molecule has 4 rings (SSSR count). The third-order valence-electron chi connectivity index (χ3n) is 6.05. The number of phenolic OH excluding ortho intramolecular Hbond substituents is 1. The first-order valence-electron chi connectivity index (χ1n) is 11.2. The van der Waals surface area contributed by atoms with Gasteiger partial charge < -0.3 is 14.6 Å². The van der Waals surface area contributed by atoms with Crippen molar-refractivity contribution >= 4 is 0 Å². The van der Waals surface area contributed by atoms with Gasteiger partial charge in [-0.2, -0.15) is 0 Å². The SMILES string of the molecule is COc1ccc(CN2CCN(CCOC(c3ccccc3)c3ccccc3)CC2)c(O)c1. The first-order chi connectivity index (χ1) is 15.7. The second-order valence-electron chi connectivity index (χ2n) is 8.18. The molecule has 1 N–H and O–H groups in total. The van der Waals surface area contributed by atoms with E-state index in [0.717, 1.165) is 44.8 Å². The molecule has 0 amide bonds. The van der Waals surface area contributed by atoms with Gasteiger partial charge in [-0.15, -0.1) is 0 Å². The van der Waals surface area contributed by atoms with Gasteiger partial charge in [0.1, 0.15) is 17.6 Å². The monoisotopic (exact) mass is 432 g/mol. The normalized spacial score (nSPS) is 15.2. The first kappa shape index (κ1) is 22.3. The minimum atomic E-state index is -0.0447. The van der Waals surface area contributed by atoms with Crippen LogP contribution < -0.4 is 4.74 Å². The maximum absolute atomic E-state index is 10.2. The summed E-state index contributed by atoms with van der Waals surface area (Å²) in [6.45, 7) is 6.32. The van der Waals surface area contributed by atoms with E-state index in [1.807, 2.05) is 24.3 Å². The maximum Gasteiger partial charge on any atom is 0.123 e. The zero-order chi connectivity index (χ0) is 22.2. The van der Waals surface area contributed by atoms with Crippen molar-refractivity contribution in [1.82, 2.24) is 9.80 Å². The number of methoxy groups -OCH3 is 1. The molecule has 5 nitrogen and oxygen atoms in total. The van der Waals surface area contributed by atoms with Crippen LogP contribution in [-0.4, -0.2) is 61.3 Å². The van der Waals surface area contributed by atoms with Gasteiger partial charge in [0.2, 0.25) is 0 Å². The van der Waals surface area contributed by atoms with E-state index < -0.39 is 0 Å². The predicted octanol–water partition coefficient (Wildman–Crippen LogP) is 4.32. The number of nitrogens with zero attached hydrogens (tertiary/aromatic N) is 2. The van der Waals surface area contributed by atoms with Crippen molar-refractivity contribution in [2.24, 2.45) is 0 Å². The van der Waals surface area contributed by atoms with Crippen molar-refractivity contribution in [3.8, 4) is 11.5 Å². The fourth-order valence-electron chi connectivity index (χ4n) is 4.16. The average Bonchev–Trinajstić information content (AvgIpc) is 2.85. The van der Waals surface area contributed by atoms with E-state index in [1.54, 1.807) is 13.2 Å². The van der Waals surface area contributed by atoms with E-state index in [0.29, 0.717) is 18.1 Å². The van der Waals surface area contributed by atoms with E-state index in [4.69, 9.17) is 9.47 Å². The van der Waals surface area contributed by atoms with Crippen LogP contribution in [0.4, 0.5) is 0 Å². The number of benzene rings is 3. The Labute approximate surface area is 190 Å². The highest BCUT2D eigenvalue weighted by Gasteiger charge is 2.19. The largest absolute Gasteiger partial charge is 0.507 e. The Kier molecular flexibility index (Phi) is 7.77. The molecule has 1 fully saturated rings. The Morgan fingerprint density at radius 1 is 0.812 bits per heavy atom. The lowest BCUT2D eigenvalue weighted by molar-refractivity contribution is 0.0441. The summed E-state index contributed by atoms with van der Waals surface area (Å²) in [6.07, 6.45) is -0.0447. The molecule has 0 radical (unpaired) electrons. The lowest BCUT2D eigenvalue weighted by Crippen LogP contribution is -2.46. The third-order valence-corrected chi connectivity index (χ3v) is 6.05. The zero-order valence-corrected chi connectivity index (χ0v) is 18.7. The summed E-state index contributed by atoms with van der Waals surface area (Å²) in [7, 11) is 1.61. The van der Waals surface area contributed by atoms with E-state index in [1.165, 1.54) is 11.1 Å². The molecule has 1 saturated heterocycles. The second-order valence-corrected chi connectivity index (χ2v) is 8.18. The summed E-state index contributed by atoms with van der Waals surface area (Å²) in [6, 6.07) is 26.4. The summed E-state index contributed by atoms with van der Waals surface area (Å²) < 4.78 is 11.5. The van der Waals surface area contributed by atoms with Crippen LogP contribution in [0.3, 0.4) is 0 Å². The van der Waals surface area contributed by atoms with Crippen LogP contribution in [0.2, 0.25) is 0 Å². The Morgan fingerprint density at radius 2 is 1.41 bits per heavy atom. The third kappa shape index (κ3) is 5.88. The molecular formula is C27H32N2O3. The maximum atomic E-state index is 10.2. The number of hydrogen-bond donors (Lipinski definition) is 1. The van der Waals surface area contributed by atoms with E-state index in [2.05, 4.69) is 58.3 Å². The van der Waals surface area contributed by atoms with Crippen LogP contribution in [0.1, 0.15) is 22.8 Å². The predicted molar refractivity (Wildman–Crippen MR) is 127 cm³/mol. The van der Waals surface area contributed by atoms with E-state index in [-0.39, 0.29) is 6.10 Å². The molecule has 32 heavy (non-hydrogen) atoms. The minimum absolute atomic E-state index is 0.0447. The van der Waals surface area contributed by atoms with Crippen LogP contribution in [-0.2, 0) is 11.3 Å². The van der Waals surface area contributed by atoms with Gasteiger partial charge in [-0.1, -0.05) is 66.7 Å². The van der Waals surface area contributed by atoms with Crippen LogP contribution in [0.25, 0.3) is 0 Å². The molecule has 168 valence electrons. The number of hydrogen-bond acceptors (Lipinski definition) is 5. The van der Waals surface area contributed by atoms with Crippen molar-refractivity contribution in [1.29, 1.82) is 0 Å². The zero-order valence-electron chi connectivity index (χ0n) is 18.7. The standard InChI is InChI=1S/C27H32N2O3/c1-31-25-13-12-24(26(30)20-25)21-29-16-14-28(15-17-29)18-19-32-27(22-8-4-2-5-9-22)23-10-6-3-7-11-23/h2-13,20,27,30H,14-19,21H2,1H3. The number of rotatable bonds is 9. The van der Waals surface area contributed by atoms with Gasteiger partial charge in [0.25, 0.3) is 0 Å². The molecule has 3 aromatic carbocycles. The minimum Gasteiger partial charge on any atom is -0.507 e. The van der Waals surface area contributed by atoms with Crippen molar-refractivity contribution in [3.05, 3.63) is 95.6 Å². The van der Waals surface area contributed by atoms with Gasteiger partial charge in [0.15, 0.2) is 0 Å². The van der Waals surface area contributed by atoms with Gasteiger partial charge >= 0.3 is 0 Å². The molecule has 0 unspecified atom stereocenters. The van der Waals surface area contributed by atoms with Gasteiger partial charge in [0.05, 0.1) is 13.7 Å². The lowest BCUT2D eigenvalue weighted by atomic mass is 10.0. The molecular weight excluding hydrogens is 400 g/mol. The molecule has 1 heterocycles. The number of aromatic hydroxyl groups is 1. The molecule has 3 aromatic rings. The van der Waals surface area contributed by atoms with Crippen LogP contribution >= 0.6 is 0 Å². The first-order valence-corrected chi connectivity index (χ1v) is 11.2. The summed E-state index contributed by atoms with van der Waals surface area (Å²) in [5.74, 6) is 0.980. The van der Waals surface area contributed by atoms with Crippen molar-refractivity contribution in [3.63, 3.8) is 0 Å². The van der Waals surface area contributed by atoms with Gasteiger partial charge in [-0.3, -0.25) is 9.80 Å². The second kappa shape index (κ2) is 11.1. The number of phenols is 1. The molecule has 0 spiro atoms. The van der Waals surface area contributed by atoms with E-state index >= 15 is 0 Å². The lowest BCUT2D eigenvalue weighted by Gasteiger charge is -2.35. The molecule has 0 atom stereocenters. The molecule has 0 aromatic heterocycles. The van der Waals surface area contributed by atoms with Gasteiger partial charge in [-0.05, 0) is 17.2 Å². The fraction of sp³-hybridized carbons (Fsp3) is 0.333. The molecule has 5 heteroatoms. The highest BCUT2D eigenvalue weighted by Crippen LogP contribution is 2.26. The fourth-order valence-corrected chi connectivity index (χ4v) is 4.16. The highest BCUT2D eigenvalue weighted by atomic mass is 16.5. The average molecular weight is 433 g/mol. The van der Waals surface area contributed by atoms with Crippen molar-refractivity contribution in [2.75, 3.05) is 46.4 Å². The molecule has 0 bridgehead atoms. The van der Waals surface area contributed by atoms with Crippen LogP contribution in [0, 0.1) is 0 Å². The van der Waals surface area contributed by atoms with Gasteiger partial charge in [-0.25, -0.2) is 0 Å². The Bertz CT molecular complexity index is 918. The topological polar surface area (TPSA) is 45.2 Å². The van der Waals surface area contributed by atoms with Crippen molar-refractivity contribution in [2.45, 2.75) is 12.6 Å². The van der Waals surface area contributed by atoms with Crippen LogP contribution in [0.15, 0.2) is 78.9 Å². The Hall–Kier alpha value is -2.86. The summed E-state index contributed by atoms with van der Waals surface area (Å²) in [4.78, 5) is 4.84. The molecule has 0 aliphatic carbocycles. The quantitative estimate of drug-likeness (QED) is 0.546. The molecule has 0 saturated carbocycles. The highest BCUT2D eigenvalue weighted by molar-refractivity contribution is 5.39. The molecule has 1 aliphatic rings. The smallest absolute Gasteiger partial charge is 0.123 e. The summed E-state index contributed by atoms with van der Waals surface area (Å²) in [5, 5.41) is 10.2. The Balaban J connectivity index is 1.26.